The van der Waals surface area contributed by atoms with Gasteiger partial charge in [0, 0.05) is 33.0 Å². The molecule has 0 radical (unpaired) electrons. The van der Waals surface area contributed by atoms with E-state index in [1.807, 2.05) is 59.3 Å². The lowest BCUT2D eigenvalue weighted by atomic mass is 9.94. The Hall–Kier alpha value is -4.52. The van der Waals surface area contributed by atoms with Crippen LogP contribution in [0.15, 0.2) is 83.6 Å². The van der Waals surface area contributed by atoms with Crippen LogP contribution >= 0.6 is 22.7 Å². The largest absolute Gasteiger partial charge is 0.506 e. The zero-order valence-corrected chi connectivity index (χ0v) is 30.1. The van der Waals surface area contributed by atoms with E-state index in [0.29, 0.717) is 24.7 Å². The molecule has 0 bridgehead atoms. The molecule has 0 saturated heterocycles. The average molecular weight is 675 g/mol. The number of thiophene rings is 2. The van der Waals surface area contributed by atoms with Crippen LogP contribution in [0.2, 0.25) is 0 Å². The molecular formula is C42H42O4S2. The third-order valence-electron chi connectivity index (χ3n) is 8.74. The first kappa shape index (κ1) is 33.4. The van der Waals surface area contributed by atoms with Crippen molar-refractivity contribution in [2.24, 2.45) is 0 Å². The summed E-state index contributed by atoms with van der Waals surface area (Å²) in [6, 6.07) is 24.5. The summed E-state index contributed by atoms with van der Waals surface area (Å²) in [5, 5.41) is 26.8. The van der Waals surface area contributed by atoms with Gasteiger partial charge >= 0.3 is 0 Å². The van der Waals surface area contributed by atoms with E-state index in [4.69, 9.17) is 9.47 Å². The summed E-state index contributed by atoms with van der Waals surface area (Å²) in [5.74, 6) is 2.11. The number of ether oxygens (including phenoxy) is 2. The molecule has 4 aromatic carbocycles. The van der Waals surface area contributed by atoms with E-state index in [1.54, 1.807) is 22.7 Å². The number of aromatic hydroxyl groups is 2. The third-order valence-corrected chi connectivity index (χ3v) is 10.7. The highest BCUT2D eigenvalue weighted by Gasteiger charge is 2.21. The summed E-state index contributed by atoms with van der Waals surface area (Å²) in [6.07, 6.45) is 1.61. The molecule has 2 aromatic heterocycles. The van der Waals surface area contributed by atoms with Crippen LogP contribution < -0.4 is 9.47 Å². The van der Waals surface area contributed by atoms with Crippen molar-refractivity contribution in [1.82, 2.24) is 0 Å². The lowest BCUT2D eigenvalue weighted by Crippen LogP contribution is -2.03. The van der Waals surface area contributed by atoms with Crippen LogP contribution in [0.3, 0.4) is 0 Å². The van der Waals surface area contributed by atoms with Crippen LogP contribution in [0.5, 0.6) is 23.0 Å². The fourth-order valence-electron chi connectivity index (χ4n) is 6.78. The highest BCUT2D eigenvalue weighted by atomic mass is 32.1. The second-order valence-corrected chi connectivity index (χ2v) is 14.4. The Morgan fingerprint density at radius 3 is 1.23 bits per heavy atom. The van der Waals surface area contributed by atoms with Gasteiger partial charge in [0.2, 0.25) is 0 Å². The lowest BCUT2D eigenvalue weighted by molar-refractivity contribution is 0.267. The number of hydrogen-bond donors (Lipinski definition) is 2. The number of rotatable bonds is 11. The highest BCUT2D eigenvalue weighted by Crippen LogP contribution is 2.49. The summed E-state index contributed by atoms with van der Waals surface area (Å²) in [4.78, 5) is 1.63. The number of para-hydroxylation sites is 2. The zero-order valence-electron chi connectivity index (χ0n) is 28.4. The Kier molecular flexibility index (Phi) is 9.95. The Balaban J connectivity index is 1.09. The fraction of sp³-hybridized carbons (Fsp3) is 0.238. The predicted octanol–water partition coefficient (Wildman–Crippen LogP) is 12.0. The second kappa shape index (κ2) is 14.3. The van der Waals surface area contributed by atoms with Crippen LogP contribution in [0.25, 0.3) is 43.1 Å². The van der Waals surface area contributed by atoms with Gasteiger partial charge in [0.25, 0.3) is 0 Å². The van der Waals surface area contributed by atoms with E-state index in [-0.39, 0.29) is 0 Å². The predicted molar refractivity (Wildman–Crippen MR) is 202 cm³/mol. The molecule has 0 aliphatic carbocycles. The molecule has 0 fully saturated rings. The van der Waals surface area contributed by atoms with Crippen molar-refractivity contribution in [3.05, 3.63) is 117 Å². The molecule has 2 N–H and O–H groups in total. The van der Waals surface area contributed by atoms with E-state index in [9.17, 15) is 10.2 Å². The molecule has 0 aliphatic heterocycles. The average Bonchev–Trinajstić information content (AvgIpc) is 3.60. The van der Waals surface area contributed by atoms with Crippen molar-refractivity contribution in [2.45, 2.75) is 54.4 Å². The van der Waals surface area contributed by atoms with Gasteiger partial charge in [0.1, 0.15) is 23.0 Å². The molecule has 4 nitrogen and oxygen atoms in total. The molecule has 0 unspecified atom stereocenters. The summed E-state index contributed by atoms with van der Waals surface area (Å²) >= 11 is 3.08. The van der Waals surface area contributed by atoms with Gasteiger partial charge in [0.05, 0.1) is 23.0 Å². The molecule has 0 amide bonds. The minimum Gasteiger partial charge on any atom is -0.506 e. The molecule has 6 aromatic rings. The van der Waals surface area contributed by atoms with E-state index in [1.165, 1.54) is 11.1 Å². The fourth-order valence-corrected chi connectivity index (χ4v) is 8.74. The van der Waals surface area contributed by atoms with Crippen LogP contribution in [0.4, 0.5) is 0 Å². The van der Waals surface area contributed by atoms with Crippen LogP contribution in [-0.4, -0.2) is 23.4 Å². The molecule has 6 heteroatoms. The van der Waals surface area contributed by atoms with Crippen molar-refractivity contribution in [1.29, 1.82) is 0 Å². The van der Waals surface area contributed by atoms with Gasteiger partial charge in [0.15, 0.2) is 0 Å². The van der Waals surface area contributed by atoms with Gasteiger partial charge in [-0.3, -0.25) is 0 Å². The Labute approximate surface area is 291 Å². The zero-order chi connectivity index (χ0) is 33.9. The molecule has 0 saturated carbocycles. The maximum atomic E-state index is 11.4. The van der Waals surface area contributed by atoms with Crippen molar-refractivity contribution in [3.8, 4) is 66.1 Å². The third kappa shape index (κ3) is 6.73. The molecule has 0 aliphatic rings. The van der Waals surface area contributed by atoms with Crippen LogP contribution in [0, 0.1) is 41.5 Å². The number of hydrogen-bond acceptors (Lipinski definition) is 6. The van der Waals surface area contributed by atoms with E-state index in [0.717, 1.165) is 89.7 Å². The quantitative estimate of drug-likeness (QED) is 0.134. The summed E-state index contributed by atoms with van der Waals surface area (Å²) in [7, 11) is 0. The second-order valence-electron chi connectivity index (χ2n) is 12.6. The van der Waals surface area contributed by atoms with E-state index < -0.39 is 0 Å². The van der Waals surface area contributed by atoms with Crippen LogP contribution in [0.1, 0.15) is 46.2 Å². The molecule has 0 spiro atoms. The molecule has 48 heavy (non-hydrogen) atoms. The standard InChI is InChI=1S/C42H42O4S2/c1-25-19-27(3)37(28(4)20-25)33-23-47-41(39(33)43)31-13-7-9-15-35(31)45-17-11-12-18-46-36-16-10-8-14-32(36)42-40(44)34(24-48-42)38-29(5)21-26(2)22-30(38)6/h7-10,13-16,19-24,43-44H,11-12,17-18H2,1-6H3. The van der Waals surface area contributed by atoms with Gasteiger partial charge in [-0.2, -0.15) is 0 Å². The van der Waals surface area contributed by atoms with Gasteiger partial charge in [-0.15, -0.1) is 22.7 Å². The first-order valence-corrected chi connectivity index (χ1v) is 18.1. The maximum absolute atomic E-state index is 11.4. The molecule has 6 rings (SSSR count). The van der Waals surface area contributed by atoms with E-state index >= 15 is 0 Å². The summed E-state index contributed by atoms with van der Waals surface area (Å²) in [6.45, 7) is 13.7. The Bertz CT molecular complexity index is 1890. The van der Waals surface area contributed by atoms with Gasteiger partial charge in [-0.25, -0.2) is 0 Å². The van der Waals surface area contributed by atoms with Gasteiger partial charge in [-0.1, -0.05) is 59.7 Å². The molecular weight excluding hydrogens is 633 g/mol. The molecule has 246 valence electrons. The van der Waals surface area contributed by atoms with Crippen molar-refractivity contribution < 1.29 is 19.7 Å². The number of unbranched alkanes of at least 4 members (excludes halogenated alkanes) is 1. The topological polar surface area (TPSA) is 58.9 Å². The Morgan fingerprint density at radius 2 is 0.854 bits per heavy atom. The Morgan fingerprint density at radius 1 is 0.500 bits per heavy atom. The maximum Gasteiger partial charge on any atom is 0.142 e. The van der Waals surface area contributed by atoms with Gasteiger partial charge < -0.3 is 19.7 Å². The molecule has 0 atom stereocenters. The number of benzene rings is 4. The highest BCUT2D eigenvalue weighted by molar-refractivity contribution is 7.15. The van der Waals surface area contributed by atoms with Crippen molar-refractivity contribution >= 4 is 22.7 Å². The SMILES string of the molecule is Cc1cc(C)c(-c2csc(-c3ccccc3OCCCCOc3ccccc3-c3scc(-c4c(C)cc(C)cc4C)c3O)c2O)c(C)c1. The number of aryl methyl sites for hydroxylation is 6. The summed E-state index contributed by atoms with van der Waals surface area (Å²) in [5.41, 5.74) is 12.8. The van der Waals surface area contributed by atoms with E-state index in [2.05, 4.69) is 65.8 Å². The van der Waals surface area contributed by atoms with Crippen LogP contribution in [-0.2, 0) is 0 Å². The van der Waals surface area contributed by atoms with Crippen molar-refractivity contribution in [3.63, 3.8) is 0 Å². The first-order chi connectivity index (χ1) is 23.1. The molecule has 2 heterocycles. The first-order valence-electron chi connectivity index (χ1n) is 16.4. The normalized spacial score (nSPS) is 11.2. The summed E-state index contributed by atoms with van der Waals surface area (Å²) < 4.78 is 12.5. The van der Waals surface area contributed by atoms with Crippen molar-refractivity contribution in [2.75, 3.05) is 13.2 Å². The van der Waals surface area contributed by atoms with Gasteiger partial charge in [-0.05, 0) is 112 Å². The monoisotopic (exact) mass is 674 g/mol. The minimum atomic E-state index is 0.297. The minimum absolute atomic E-state index is 0.297. The lowest BCUT2D eigenvalue weighted by Gasteiger charge is -2.14. The smallest absolute Gasteiger partial charge is 0.142 e.